The number of hydrogen-bond acceptors (Lipinski definition) is 7. The largest absolute Gasteiger partial charge is 0.457 e. The lowest BCUT2D eigenvalue weighted by atomic mass is 10.0. The molecule has 0 aliphatic carbocycles. The molecule has 4 aromatic carbocycles. The topological polar surface area (TPSA) is 114 Å². The van der Waals surface area contributed by atoms with Gasteiger partial charge in [0.1, 0.15) is 23.0 Å². The van der Waals surface area contributed by atoms with Crippen molar-refractivity contribution in [3.05, 3.63) is 109 Å². The summed E-state index contributed by atoms with van der Waals surface area (Å²) in [5.74, 6) is 1.65. The molecule has 0 radical (unpaired) electrons. The standard InChI is InChI=1S/C24H20N2O2.C4H2O3/c25-17-7-5-9-19(15-17)27-23-13-3-1-11-21(23)22-12-2-4-14-24(22)28-20-10-6-8-18(26)16-20;5-3-1-2-4(6)7-3/h1-16H,25-26H2;1-2H. The summed E-state index contributed by atoms with van der Waals surface area (Å²) in [6.45, 7) is 0. The van der Waals surface area contributed by atoms with Crippen molar-refractivity contribution in [3.8, 4) is 34.1 Å². The van der Waals surface area contributed by atoms with E-state index < -0.39 is 11.9 Å². The molecule has 1 aliphatic rings. The number of nitrogen functional groups attached to an aromatic ring is 2. The summed E-state index contributed by atoms with van der Waals surface area (Å²) in [5.41, 5.74) is 14.9. The van der Waals surface area contributed by atoms with Crippen LogP contribution in [0.2, 0.25) is 0 Å². The van der Waals surface area contributed by atoms with Gasteiger partial charge in [0, 0.05) is 46.8 Å². The summed E-state index contributed by atoms with van der Waals surface area (Å²) >= 11 is 0. The second-order valence-corrected chi connectivity index (χ2v) is 7.41. The minimum atomic E-state index is -0.579. The normalized spacial score (nSPS) is 11.9. The highest BCUT2D eigenvalue weighted by atomic mass is 16.6. The Hall–Kier alpha value is -5.04. The van der Waals surface area contributed by atoms with Gasteiger partial charge in [0.15, 0.2) is 0 Å². The van der Waals surface area contributed by atoms with Gasteiger partial charge >= 0.3 is 11.9 Å². The quantitative estimate of drug-likeness (QED) is 0.219. The number of cyclic esters (lactones) is 2. The number of ether oxygens (including phenoxy) is 3. The molecule has 0 aromatic heterocycles. The van der Waals surface area contributed by atoms with Gasteiger partial charge in [-0.3, -0.25) is 0 Å². The molecule has 5 rings (SSSR count). The zero-order valence-corrected chi connectivity index (χ0v) is 18.6. The van der Waals surface area contributed by atoms with Crippen LogP contribution in [0.25, 0.3) is 11.1 Å². The van der Waals surface area contributed by atoms with Gasteiger partial charge in [-0.2, -0.15) is 0 Å². The van der Waals surface area contributed by atoms with Crippen LogP contribution in [0.4, 0.5) is 11.4 Å². The molecule has 7 heteroatoms. The fraction of sp³-hybridized carbons (Fsp3) is 0. The molecule has 0 spiro atoms. The van der Waals surface area contributed by atoms with E-state index in [-0.39, 0.29) is 0 Å². The SMILES string of the molecule is Nc1cccc(Oc2ccccc2-c2ccccc2Oc2cccc(N)c2)c1.O=C1C=CC(=O)O1. The van der Waals surface area contributed by atoms with Crippen LogP contribution in [0.15, 0.2) is 109 Å². The summed E-state index contributed by atoms with van der Waals surface area (Å²) < 4.78 is 16.2. The van der Waals surface area contributed by atoms with E-state index in [0.717, 1.165) is 34.8 Å². The number of para-hydroxylation sites is 2. The fourth-order valence-electron chi connectivity index (χ4n) is 3.27. The van der Waals surface area contributed by atoms with Crippen molar-refractivity contribution in [2.45, 2.75) is 0 Å². The summed E-state index contributed by atoms with van der Waals surface area (Å²) in [6, 6.07) is 30.4. The van der Waals surface area contributed by atoms with Crippen LogP contribution in [0, 0.1) is 0 Å². The Balaban J connectivity index is 0.000000356. The van der Waals surface area contributed by atoms with E-state index in [1.54, 1.807) is 12.1 Å². The Morgan fingerprint density at radius 2 is 0.971 bits per heavy atom. The maximum atomic E-state index is 9.92. The molecule has 0 atom stereocenters. The molecule has 1 heterocycles. The molecular weight excluding hydrogens is 444 g/mol. The zero-order chi connectivity index (χ0) is 24.6. The molecule has 0 amide bonds. The van der Waals surface area contributed by atoms with Crippen LogP contribution < -0.4 is 20.9 Å². The Kier molecular flexibility index (Phi) is 7.08. The number of carbonyl (C=O) groups excluding carboxylic acids is 2. The minimum Gasteiger partial charge on any atom is -0.457 e. The van der Waals surface area contributed by atoms with Crippen LogP contribution in [-0.4, -0.2) is 11.9 Å². The van der Waals surface area contributed by atoms with Crippen LogP contribution in [-0.2, 0) is 14.3 Å². The maximum Gasteiger partial charge on any atom is 0.338 e. The highest BCUT2D eigenvalue weighted by Gasteiger charge is 2.13. The number of esters is 2. The van der Waals surface area contributed by atoms with Crippen LogP contribution >= 0.6 is 0 Å². The number of hydrogen-bond donors (Lipinski definition) is 2. The molecule has 0 saturated carbocycles. The third-order valence-electron chi connectivity index (χ3n) is 4.79. The minimum absolute atomic E-state index is 0.579. The van der Waals surface area contributed by atoms with Gasteiger partial charge in [-0.1, -0.05) is 48.5 Å². The van der Waals surface area contributed by atoms with Crippen molar-refractivity contribution in [3.63, 3.8) is 0 Å². The number of carbonyl (C=O) groups is 2. The maximum absolute atomic E-state index is 9.92. The highest BCUT2D eigenvalue weighted by Crippen LogP contribution is 2.40. The number of anilines is 2. The van der Waals surface area contributed by atoms with Crippen LogP contribution in [0.1, 0.15) is 0 Å². The van der Waals surface area contributed by atoms with Crippen molar-refractivity contribution in [1.82, 2.24) is 0 Å². The predicted molar refractivity (Wildman–Crippen MR) is 134 cm³/mol. The van der Waals surface area contributed by atoms with Crippen LogP contribution in [0.3, 0.4) is 0 Å². The molecular formula is C28H22N2O5. The molecule has 35 heavy (non-hydrogen) atoms. The lowest BCUT2D eigenvalue weighted by Crippen LogP contribution is -1.96. The monoisotopic (exact) mass is 466 g/mol. The van der Waals surface area contributed by atoms with E-state index in [1.165, 1.54) is 0 Å². The lowest BCUT2D eigenvalue weighted by molar-refractivity contribution is -0.150. The summed E-state index contributed by atoms with van der Waals surface area (Å²) in [6.07, 6.45) is 2.17. The molecule has 4 aromatic rings. The van der Waals surface area contributed by atoms with Gasteiger partial charge in [0.05, 0.1) is 0 Å². The first kappa shape index (κ1) is 23.1. The van der Waals surface area contributed by atoms with Gasteiger partial charge in [-0.05, 0) is 36.4 Å². The Bertz CT molecular complexity index is 1290. The van der Waals surface area contributed by atoms with Crippen molar-refractivity contribution >= 4 is 23.3 Å². The average molecular weight is 466 g/mol. The fourth-order valence-corrected chi connectivity index (χ4v) is 3.27. The van der Waals surface area contributed by atoms with E-state index in [1.807, 2.05) is 84.9 Å². The Morgan fingerprint density at radius 3 is 1.34 bits per heavy atom. The second kappa shape index (κ2) is 10.7. The molecule has 4 N–H and O–H groups in total. The first-order valence-electron chi connectivity index (χ1n) is 10.7. The highest BCUT2D eigenvalue weighted by molar-refractivity contribution is 6.04. The molecule has 1 aliphatic heterocycles. The average Bonchev–Trinajstić information content (AvgIpc) is 3.23. The smallest absolute Gasteiger partial charge is 0.338 e. The molecule has 0 fully saturated rings. The Labute approximate surface area is 202 Å². The summed E-state index contributed by atoms with van der Waals surface area (Å²) in [5, 5.41) is 0. The van der Waals surface area contributed by atoms with Crippen molar-refractivity contribution in [1.29, 1.82) is 0 Å². The van der Waals surface area contributed by atoms with E-state index in [0.29, 0.717) is 22.9 Å². The van der Waals surface area contributed by atoms with Crippen molar-refractivity contribution < 1.29 is 23.8 Å². The number of benzene rings is 4. The molecule has 0 saturated heterocycles. The van der Waals surface area contributed by atoms with Gasteiger partial charge in [-0.25, -0.2) is 9.59 Å². The Morgan fingerprint density at radius 1 is 0.543 bits per heavy atom. The van der Waals surface area contributed by atoms with E-state index in [4.69, 9.17) is 20.9 Å². The molecule has 174 valence electrons. The van der Waals surface area contributed by atoms with E-state index in [9.17, 15) is 9.59 Å². The van der Waals surface area contributed by atoms with Gasteiger partial charge < -0.3 is 25.7 Å². The molecule has 7 nitrogen and oxygen atoms in total. The van der Waals surface area contributed by atoms with E-state index in [2.05, 4.69) is 4.74 Å². The number of nitrogens with two attached hydrogens (primary N) is 2. The third-order valence-corrected chi connectivity index (χ3v) is 4.79. The molecule has 0 unspecified atom stereocenters. The van der Waals surface area contributed by atoms with Gasteiger partial charge in [-0.15, -0.1) is 0 Å². The first-order chi connectivity index (χ1) is 17.0. The predicted octanol–water partition coefficient (Wildman–Crippen LogP) is 5.73. The van der Waals surface area contributed by atoms with Crippen molar-refractivity contribution in [2.75, 3.05) is 11.5 Å². The van der Waals surface area contributed by atoms with Crippen LogP contribution in [0.5, 0.6) is 23.0 Å². The second-order valence-electron chi connectivity index (χ2n) is 7.41. The lowest BCUT2D eigenvalue weighted by Gasteiger charge is -2.15. The van der Waals surface area contributed by atoms with Crippen molar-refractivity contribution in [2.24, 2.45) is 0 Å². The number of rotatable bonds is 5. The van der Waals surface area contributed by atoms with Gasteiger partial charge in [0.2, 0.25) is 0 Å². The summed E-state index contributed by atoms with van der Waals surface area (Å²) in [7, 11) is 0. The van der Waals surface area contributed by atoms with Gasteiger partial charge in [0.25, 0.3) is 0 Å². The zero-order valence-electron chi connectivity index (χ0n) is 18.6. The third kappa shape index (κ3) is 6.27. The first-order valence-corrected chi connectivity index (χ1v) is 10.7. The van der Waals surface area contributed by atoms with E-state index >= 15 is 0 Å². The molecule has 0 bridgehead atoms. The summed E-state index contributed by atoms with van der Waals surface area (Å²) in [4.78, 5) is 19.8.